The summed E-state index contributed by atoms with van der Waals surface area (Å²) in [6.45, 7) is 0. The number of hydrogen-bond acceptors (Lipinski definition) is 1. The maximum Gasteiger partial charge on any atom is 0.256 e. The van der Waals surface area contributed by atoms with Crippen molar-refractivity contribution < 1.29 is 4.79 Å². The van der Waals surface area contributed by atoms with E-state index in [1.165, 1.54) is 0 Å². The largest absolute Gasteiger partial charge is 0.321 e. The predicted molar refractivity (Wildman–Crippen MR) is 81.2 cm³/mol. The van der Waals surface area contributed by atoms with Gasteiger partial charge in [-0.15, -0.1) is 0 Å². The molecule has 0 spiro atoms. The number of nitrogens with one attached hydrogen (secondary N) is 1. The molecule has 1 N–H and O–H groups in total. The van der Waals surface area contributed by atoms with Crippen molar-refractivity contribution in [3.8, 4) is 0 Å². The molecular formula is C13H8Br2ClNO. The molecule has 5 heteroatoms. The number of anilines is 1. The standard InChI is InChI=1S/C13H8Br2ClNO/c14-8-5-6-12(11(16)7-8)17-13(18)9-3-1-2-4-10(9)15/h1-7H,(H,17,18). The van der Waals surface area contributed by atoms with Crippen LogP contribution in [0.1, 0.15) is 10.4 Å². The van der Waals surface area contributed by atoms with Gasteiger partial charge in [0.1, 0.15) is 0 Å². The van der Waals surface area contributed by atoms with Crippen molar-refractivity contribution in [1.82, 2.24) is 0 Å². The zero-order valence-corrected chi connectivity index (χ0v) is 13.0. The number of rotatable bonds is 2. The fourth-order valence-electron chi connectivity index (χ4n) is 1.43. The first-order valence-electron chi connectivity index (χ1n) is 5.09. The first-order chi connectivity index (χ1) is 8.58. The van der Waals surface area contributed by atoms with E-state index in [1.54, 1.807) is 18.2 Å². The minimum atomic E-state index is -0.202. The molecule has 0 unspecified atom stereocenters. The van der Waals surface area contributed by atoms with Crippen LogP contribution >= 0.6 is 43.5 Å². The van der Waals surface area contributed by atoms with E-state index in [9.17, 15) is 4.79 Å². The van der Waals surface area contributed by atoms with E-state index in [0.717, 1.165) is 8.95 Å². The second-order valence-corrected chi connectivity index (χ2v) is 5.74. The summed E-state index contributed by atoms with van der Waals surface area (Å²) in [7, 11) is 0. The van der Waals surface area contributed by atoms with Crippen LogP contribution in [0.25, 0.3) is 0 Å². The van der Waals surface area contributed by atoms with Crippen LogP contribution in [0, 0.1) is 0 Å². The Bertz CT molecular complexity index is 601. The number of amides is 1. The third-order valence-electron chi connectivity index (χ3n) is 2.30. The second kappa shape index (κ2) is 5.87. The summed E-state index contributed by atoms with van der Waals surface area (Å²) in [5.41, 5.74) is 1.15. The minimum Gasteiger partial charge on any atom is -0.321 e. The molecule has 2 nitrogen and oxygen atoms in total. The Morgan fingerprint density at radius 1 is 1.11 bits per heavy atom. The maximum atomic E-state index is 12.1. The summed E-state index contributed by atoms with van der Waals surface area (Å²) in [5, 5.41) is 3.26. The summed E-state index contributed by atoms with van der Waals surface area (Å²) < 4.78 is 1.61. The SMILES string of the molecule is O=C(Nc1ccc(Br)cc1Cl)c1ccccc1Br. The van der Waals surface area contributed by atoms with E-state index in [4.69, 9.17) is 11.6 Å². The van der Waals surface area contributed by atoms with Crippen molar-refractivity contribution in [3.05, 3.63) is 62.0 Å². The van der Waals surface area contributed by atoms with E-state index in [-0.39, 0.29) is 5.91 Å². The summed E-state index contributed by atoms with van der Waals surface area (Å²) in [6, 6.07) is 12.5. The van der Waals surface area contributed by atoms with Gasteiger partial charge in [0, 0.05) is 8.95 Å². The smallest absolute Gasteiger partial charge is 0.256 e. The van der Waals surface area contributed by atoms with Crippen LogP contribution < -0.4 is 5.32 Å². The van der Waals surface area contributed by atoms with Crippen molar-refractivity contribution >= 4 is 55.1 Å². The van der Waals surface area contributed by atoms with Gasteiger partial charge in [-0.1, -0.05) is 39.7 Å². The molecule has 0 fully saturated rings. The lowest BCUT2D eigenvalue weighted by atomic mass is 10.2. The van der Waals surface area contributed by atoms with Crippen LogP contribution in [-0.2, 0) is 0 Å². The van der Waals surface area contributed by atoms with Crippen LogP contribution in [0.5, 0.6) is 0 Å². The van der Waals surface area contributed by atoms with Crippen molar-refractivity contribution in [2.45, 2.75) is 0 Å². The lowest BCUT2D eigenvalue weighted by Crippen LogP contribution is -2.12. The summed E-state index contributed by atoms with van der Waals surface area (Å²) in [5.74, 6) is -0.202. The van der Waals surface area contributed by atoms with Crippen LogP contribution in [0.2, 0.25) is 5.02 Å². The molecule has 0 bridgehead atoms. The zero-order valence-electron chi connectivity index (χ0n) is 9.08. The molecular weight excluding hydrogens is 381 g/mol. The Balaban J connectivity index is 2.24. The summed E-state index contributed by atoms with van der Waals surface area (Å²) >= 11 is 12.7. The molecule has 0 aromatic heterocycles. The highest BCUT2D eigenvalue weighted by molar-refractivity contribution is 9.10. The number of halogens is 3. The maximum absolute atomic E-state index is 12.1. The zero-order chi connectivity index (χ0) is 13.1. The number of hydrogen-bond donors (Lipinski definition) is 1. The molecule has 2 aromatic carbocycles. The molecule has 0 radical (unpaired) electrons. The third kappa shape index (κ3) is 3.13. The van der Waals surface area contributed by atoms with Gasteiger partial charge in [0.05, 0.1) is 16.3 Å². The fourth-order valence-corrected chi connectivity index (χ4v) is 2.61. The molecule has 0 aliphatic rings. The van der Waals surface area contributed by atoms with Crippen LogP contribution in [0.3, 0.4) is 0 Å². The molecule has 0 aliphatic heterocycles. The molecule has 1 amide bonds. The van der Waals surface area contributed by atoms with E-state index in [2.05, 4.69) is 37.2 Å². The fraction of sp³-hybridized carbons (Fsp3) is 0. The van der Waals surface area contributed by atoms with Crippen molar-refractivity contribution in [2.75, 3.05) is 5.32 Å². The molecule has 18 heavy (non-hydrogen) atoms. The van der Waals surface area contributed by atoms with E-state index < -0.39 is 0 Å². The predicted octanol–water partition coefficient (Wildman–Crippen LogP) is 5.12. The summed E-state index contributed by atoms with van der Waals surface area (Å²) in [6.07, 6.45) is 0. The van der Waals surface area contributed by atoms with E-state index >= 15 is 0 Å². The lowest BCUT2D eigenvalue weighted by molar-refractivity contribution is 0.102. The highest BCUT2D eigenvalue weighted by Gasteiger charge is 2.11. The third-order valence-corrected chi connectivity index (χ3v) is 3.80. The van der Waals surface area contributed by atoms with Crippen LogP contribution in [0.4, 0.5) is 5.69 Å². The molecule has 2 aromatic rings. The molecule has 0 aliphatic carbocycles. The normalized spacial score (nSPS) is 10.2. The highest BCUT2D eigenvalue weighted by atomic mass is 79.9. The Morgan fingerprint density at radius 3 is 2.50 bits per heavy atom. The molecule has 0 saturated carbocycles. The van der Waals surface area contributed by atoms with Crippen LogP contribution in [-0.4, -0.2) is 5.91 Å². The molecule has 0 heterocycles. The number of carbonyl (C=O) groups is 1. The van der Waals surface area contributed by atoms with E-state index in [1.807, 2.05) is 24.3 Å². The molecule has 2 rings (SSSR count). The van der Waals surface area contributed by atoms with Gasteiger partial charge in [-0.05, 0) is 46.3 Å². The van der Waals surface area contributed by atoms with Gasteiger partial charge in [-0.3, -0.25) is 4.79 Å². The van der Waals surface area contributed by atoms with Crippen LogP contribution in [0.15, 0.2) is 51.4 Å². The monoisotopic (exact) mass is 387 g/mol. The summed E-state index contributed by atoms with van der Waals surface area (Å²) in [4.78, 5) is 12.1. The molecule has 0 saturated heterocycles. The quantitative estimate of drug-likeness (QED) is 0.759. The number of benzene rings is 2. The van der Waals surface area contributed by atoms with Gasteiger partial charge < -0.3 is 5.32 Å². The lowest BCUT2D eigenvalue weighted by Gasteiger charge is -2.08. The first-order valence-corrected chi connectivity index (χ1v) is 7.05. The first kappa shape index (κ1) is 13.6. The second-order valence-electron chi connectivity index (χ2n) is 3.56. The number of carbonyl (C=O) groups excluding carboxylic acids is 1. The average Bonchev–Trinajstić information content (AvgIpc) is 2.33. The topological polar surface area (TPSA) is 29.1 Å². The van der Waals surface area contributed by atoms with Gasteiger partial charge in [-0.2, -0.15) is 0 Å². The van der Waals surface area contributed by atoms with Gasteiger partial charge in [0.25, 0.3) is 5.91 Å². The molecule has 0 atom stereocenters. The average molecular weight is 389 g/mol. The highest BCUT2D eigenvalue weighted by Crippen LogP contribution is 2.26. The Kier molecular flexibility index (Phi) is 4.43. The Labute approximate surface area is 127 Å². The van der Waals surface area contributed by atoms with Crippen molar-refractivity contribution in [1.29, 1.82) is 0 Å². The minimum absolute atomic E-state index is 0.202. The van der Waals surface area contributed by atoms with Gasteiger partial charge >= 0.3 is 0 Å². The van der Waals surface area contributed by atoms with Crippen molar-refractivity contribution in [2.24, 2.45) is 0 Å². The van der Waals surface area contributed by atoms with Gasteiger partial charge in [-0.25, -0.2) is 0 Å². The van der Waals surface area contributed by atoms with Gasteiger partial charge in [0.15, 0.2) is 0 Å². The van der Waals surface area contributed by atoms with Crippen molar-refractivity contribution in [3.63, 3.8) is 0 Å². The molecule has 92 valence electrons. The Morgan fingerprint density at radius 2 is 1.83 bits per heavy atom. The van der Waals surface area contributed by atoms with E-state index in [0.29, 0.717) is 16.3 Å². The van der Waals surface area contributed by atoms with Gasteiger partial charge in [0.2, 0.25) is 0 Å². The Hall–Kier alpha value is -0.840.